The molecule has 0 N–H and O–H groups in total. The van der Waals surface area contributed by atoms with Crippen molar-refractivity contribution in [3.63, 3.8) is 0 Å². The topological polar surface area (TPSA) is 28.3 Å². The van der Waals surface area contributed by atoms with Crippen LogP contribution in [0.15, 0.2) is 41.4 Å². The summed E-state index contributed by atoms with van der Waals surface area (Å²) in [6.07, 6.45) is 1.81. The van der Waals surface area contributed by atoms with E-state index in [0.717, 1.165) is 21.6 Å². The minimum absolute atomic E-state index is 0.973. The van der Waals surface area contributed by atoms with Crippen molar-refractivity contribution in [2.75, 3.05) is 14.1 Å². The van der Waals surface area contributed by atoms with Gasteiger partial charge in [0.2, 0.25) is 5.36 Å². The minimum Gasteiger partial charge on any atom is -0.261 e. The Morgan fingerprint density at radius 1 is 1.15 bits per heavy atom. The highest BCUT2D eigenvalue weighted by atomic mass is 32.1. The third-order valence-electron chi connectivity index (χ3n) is 3.14. The van der Waals surface area contributed by atoms with Crippen molar-refractivity contribution in [2.45, 2.75) is 6.92 Å². The molecular formula is C16H16N3S+. The molecule has 0 bridgehead atoms. The smallest absolute Gasteiger partial charge is 0.201 e. The second-order valence-corrected chi connectivity index (χ2v) is 5.88. The number of aliphatic imine (C=N–C) groups is 1. The molecular weight excluding hydrogens is 266 g/mol. The van der Waals surface area contributed by atoms with E-state index >= 15 is 0 Å². The maximum Gasteiger partial charge on any atom is 0.201 e. The number of aromatic nitrogens is 1. The first kappa shape index (κ1) is 12.9. The van der Waals surface area contributed by atoms with E-state index in [-0.39, 0.29) is 0 Å². The Morgan fingerprint density at radius 2 is 2.00 bits per heavy atom. The Bertz CT molecular complexity index is 842. The molecule has 1 aromatic carbocycles. The number of benzene rings is 2. The molecule has 0 unspecified atom stereocenters. The number of rotatable bonds is 1. The van der Waals surface area contributed by atoms with Gasteiger partial charge in [-0.15, -0.1) is 11.3 Å². The zero-order chi connectivity index (χ0) is 14.1. The minimum atomic E-state index is 0.973. The molecule has 1 aromatic rings. The Hall–Kier alpha value is -2.07. The van der Waals surface area contributed by atoms with Crippen LogP contribution in [0.2, 0.25) is 0 Å². The lowest BCUT2D eigenvalue weighted by atomic mass is 10.2. The first-order chi connectivity index (χ1) is 9.67. The van der Waals surface area contributed by atoms with Gasteiger partial charge in [0, 0.05) is 18.3 Å². The third kappa shape index (κ3) is 2.34. The molecule has 0 fully saturated rings. The molecule has 4 heteroatoms. The molecule has 0 saturated heterocycles. The molecule has 3 nitrogen and oxygen atoms in total. The Balaban J connectivity index is 2.31. The molecule has 100 valence electrons. The van der Waals surface area contributed by atoms with Crippen LogP contribution < -0.4 is 9.93 Å². The van der Waals surface area contributed by atoms with Gasteiger partial charge < -0.3 is 0 Å². The third-order valence-corrected chi connectivity index (χ3v) is 4.24. The van der Waals surface area contributed by atoms with E-state index in [1.807, 2.05) is 39.4 Å². The molecule has 0 amide bonds. The first-order valence-corrected chi connectivity index (χ1v) is 7.33. The summed E-state index contributed by atoms with van der Waals surface area (Å²) in [7, 11) is 4.10. The Morgan fingerprint density at radius 3 is 2.75 bits per heavy atom. The summed E-state index contributed by atoms with van der Waals surface area (Å²) in [5.74, 6) is 0. The maximum absolute atomic E-state index is 4.72. The van der Waals surface area contributed by atoms with Crippen molar-refractivity contribution in [1.82, 2.24) is 9.56 Å². The van der Waals surface area contributed by atoms with Crippen LogP contribution in [0.3, 0.4) is 0 Å². The molecule has 0 saturated carbocycles. The van der Waals surface area contributed by atoms with Gasteiger partial charge in [0.05, 0.1) is 26.5 Å². The predicted molar refractivity (Wildman–Crippen MR) is 87.2 cm³/mol. The van der Waals surface area contributed by atoms with E-state index in [0.29, 0.717) is 0 Å². The van der Waals surface area contributed by atoms with Gasteiger partial charge in [-0.05, 0) is 31.2 Å². The van der Waals surface area contributed by atoms with Crippen LogP contribution in [0.4, 0.5) is 5.69 Å². The van der Waals surface area contributed by atoms with Gasteiger partial charge in [0.25, 0.3) is 0 Å². The molecule has 0 radical (unpaired) electrons. The summed E-state index contributed by atoms with van der Waals surface area (Å²) in [5.41, 5.74) is 3.04. The van der Waals surface area contributed by atoms with E-state index in [2.05, 4.69) is 33.8 Å². The second kappa shape index (κ2) is 5.13. The number of hydrogen-bond donors (Lipinski definition) is 0. The summed E-state index contributed by atoms with van der Waals surface area (Å²) in [6, 6.07) is 12.5. The normalized spacial score (nSPS) is 11.6. The van der Waals surface area contributed by atoms with Crippen LogP contribution in [0.5, 0.6) is 0 Å². The molecule has 1 aliphatic carbocycles. The zero-order valence-corrected chi connectivity index (χ0v) is 12.6. The lowest BCUT2D eigenvalue weighted by Gasteiger charge is -2.05. The van der Waals surface area contributed by atoms with E-state index in [9.17, 15) is 0 Å². The van der Waals surface area contributed by atoms with Crippen LogP contribution >= 0.6 is 11.3 Å². The van der Waals surface area contributed by atoms with Gasteiger partial charge in [0.15, 0.2) is 0 Å². The average molecular weight is 282 g/mol. The van der Waals surface area contributed by atoms with Crippen molar-refractivity contribution in [3.05, 3.63) is 41.8 Å². The van der Waals surface area contributed by atoms with Crippen LogP contribution in [0, 0.1) is 0 Å². The Kier molecular flexibility index (Phi) is 3.32. The van der Waals surface area contributed by atoms with Crippen LogP contribution in [-0.2, 0) is 0 Å². The zero-order valence-electron chi connectivity index (χ0n) is 11.8. The first-order valence-electron chi connectivity index (χ1n) is 6.51. The van der Waals surface area contributed by atoms with Gasteiger partial charge in [0.1, 0.15) is 14.1 Å². The summed E-state index contributed by atoms with van der Waals surface area (Å²) in [4.78, 5) is 10.2. The van der Waals surface area contributed by atoms with Gasteiger partial charge in [-0.25, -0.2) is 9.56 Å². The van der Waals surface area contributed by atoms with Crippen molar-refractivity contribution < 1.29 is 0 Å². The van der Waals surface area contributed by atoms with Crippen molar-refractivity contribution in [1.29, 1.82) is 0 Å². The quantitative estimate of drug-likeness (QED) is 0.383. The fraction of sp³-hybridized carbons (Fsp3) is 0.188. The van der Waals surface area contributed by atoms with E-state index in [4.69, 9.17) is 4.98 Å². The molecule has 20 heavy (non-hydrogen) atoms. The SMILES string of the molecule is CC=Nc1ccc2nc3ccc(=[N+](C)C)cc-3sc2c1. The summed E-state index contributed by atoms with van der Waals surface area (Å²) in [5, 5.41) is 1.19. The van der Waals surface area contributed by atoms with Gasteiger partial charge in [-0.2, -0.15) is 0 Å². The van der Waals surface area contributed by atoms with E-state index in [1.54, 1.807) is 11.3 Å². The number of nitrogens with zero attached hydrogens (tertiary/aromatic N) is 3. The number of hydrogen-bond acceptors (Lipinski definition) is 3. The summed E-state index contributed by atoms with van der Waals surface area (Å²) < 4.78 is 3.27. The van der Waals surface area contributed by atoms with Crippen LogP contribution in [-0.4, -0.2) is 25.3 Å². The maximum atomic E-state index is 4.72. The molecule has 2 aliphatic rings. The fourth-order valence-electron chi connectivity index (χ4n) is 2.11. The largest absolute Gasteiger partial charge is 0.261 e. The molecule has 1 aliphatic heterocycles. The fourth-order valence-corrected chi connectivity index (χ4v) is 3.14. The molecule has 0 atom stereocenters. The van der Waals surface area contributed by atoms with E-state index < -0.39 is 0 Å². The summed E-state index contributed by atoms with van der Waals surface area (Å²) in [6.45, 7) is 1.93. The van der Waals surface area contributed by atoms with Crippen LogP contribution in [0.1, 0.15) is 6.92 Å². The molecule has 3 rings (SSSR count). The molecule has 1 heterocycles. The average Bonchev–Trinajstić information content (AvgIpc) is 2.44. The lowest BCUT2D eigenvalue weighted by Crippen LogP contribution is -2.21. The second-order valence-electron chi connectivity index (χ2n) is 4.80. The highest BCUT2D eigenvalue weighted by Gasteiger charge is 2.08. The highest BCUT2D eigenvalue weighted by Crippen LogP contribution is 2.31. The standard InChI is InChI=1S/C16H16N3S/c1-4-17-11-5-7-13-15(9-11)20-16-10-12(19(2)3)6-8-14(16)18-13/h4-10H,1-3H3/q+1. The van der Waals surface area contributed by atoms with Gasteiger partial charge >= 0.3 is 0 Å². The lowest BCUT2D eigenvalue weighted by molar-refractivity contribution is 0.814. The Labute approximate surface area is 121 Å². The van der Waals surface area contributed by atoms with Gasteiger partial charge in [-0.3, -0.25) is 4.99 Å². The van der Waals surface area contributed by atoms with Crippen molar-refractivity contribution in [3.8, 4) is 10.6 Å². The number of fused-ring (bicyclic) bond motifs is 2. The van der Waals surface area contributed by atoms with Crippen LogP contribution in [0.25, 0.3) is 20.8 Å². The van der Waals surface area contributed by atoms with Gasteiger partial charge in [-0.1, -0.05) is 0 Å². The van der Waals surface area contributed by atoms with E-state index in [1.165, 1.54) is 10.2 Å². The monoisotopic (exact) mass is 282 g/mol. The predicted octanol–water partition coefficient (Wildman–Crippen LogP) is 3.16. The van der Waals surface area contributed by atoms with Crippen molar-refractivity contribution >= 4 is 33.5 Å². The summed E-state index contributed by atoms with van der Waals surface area (Å²) >= 11 is 1.76. The van der Waals surface area contributed by atoms with Crippen molar-refractivity contribution in [2.24, 2.45) is 4.99 Å². The molecule has 0 spiro atoms. The highest BCUT2D eigenvalue weighted by molar-refractivity contribution is 7.21. The molecule has 0 aromatic heterocycles.